The number of rotatable bonds is 8. The zero-order chi connectivity index (χ0) is 20.1. The average Bonchev–Trinajstić information content (AvgIpc) is 3.09. The van der Waals surface area contributed by atoms with Gasteiger partial charge in [-0.2, -0.15) is 0 Å². The van der Waals surface area contributed by atoms with E-state index in [-0.39, 0.29) is 4.90 Å². The number of methoxy groups -OCH3 is 1. The molecule has 0 spiro atoms. The van der Waals surface area contributed by atoms with Crippen LogP contribution < -0.4 is 14.9 Å². The second-order valence-corrected chi connectivity index (χ2v) is 8.45. The lowest BCUT2D eigenvalue weighted by Gasteiger charge is -2.25. The van der Waals surface area contributed by atoms with Crippen LogP contribution in [0.1, 0.15) is 5.56 Å². The highest BCUT2D eigenvalue weighted by atomic mass is 32.2. The number of hydrazine groups is 1. The van der Waals surface area contributed by atoms with E-state index >= 15 is 0 Å². The second-order valence-electron chi connectivity index (χ2n) is 6.76. The Kier molecular flexibility index (Phi) is 6.23. The van der Waals surface area contributed by atoms with Crippen LogP contribution in [0.5, 0.6) is 5.75 Å². The van der Waals surface area contributed by atoms with Crippen LogP contribution in [0.4, 0.5) is 0 Å². The SMILES string of the molecule is COc1ccc(C2=C(NS(=O)(=O)c3ccccc3)N(CCN(C)C)NC2)cc1. The lowest BCUT2D eigenvalue weighted by molar-refractivity contribution is 0.240. The third kappa shape index (κ3) is 4.64. The third-order valence-corrected chi connectivity index (χ3v) is 5.85. The highest BCUT2D eigenvalue weighted by Crippen LogP contribution is 2.26. The first-order valence-electron chi connectivity index (χ1n) is 9.02. The molecule has 2 aromatic carbocycles. The van der Waals surface area contributed by atoms with Crippen LogP contribution in [-0.2, 0) is 10.0 Å². The van der Waals surface area contributed by atoms with Gasteiger partial charge >= 0.3 is 0 Å². The molecule has 8 heteroatoms. The summed E-state index contributed by atoms with van der Waals surface area (Å²) < 4.78 is 33.9. The Balaban J connectivity index is 1.96. The Morgan fingerprint density at radius 1 is 1.11 bits per heavy atom. The van der Waals surface area contributed by atoms with Gasteiger partial charge in [0, 0.05) is 25.2 Å². The minimum absolute atomic E-state index is 0.232. The van der Waals surface area contributed by atoms with E-state index in [1.54, 1.807) is 37.4 Å². The van der Waals surface area contributed by atoms with Gasteiger partial charge in [0.25, 0.3) is 10.0 Å². The van der Waals surface area contributed by atoms with Crippen molar-refractivity contribution in [3.8, 4) is 5.75 Å². The fourth-order valence-corrected chi connectivity index (χ4v) is 4.05. The van der Waals surface area contributed by atoms with Gasteiger partial charge in [-0.05, 0) is 43.9 Å². The first-order chi connectivity index (χ1) is 13.4. The number of likely N-dealkylation sites (N-methyl/N-ethyl adjacent to an activating group) is 1. The van der Waals surface area contributed by atoms with Gasteiger partial charge in [0.1, 0.15) is 11.6 Å². The largest absolute Gasteiger partial charge is 0.497 e. The normalized spacial score (nSPS) is 14.6. The van der Waals surface area contributed by atoms with Crippen molar-refractivity contribution in [2.45, 2.75) is 4.90 Å². The highest BCUT2D eigenvalue weighted by Gasteiger charge is 2.27. The summed E-state index contributed by atoms with van der Waals surface area (Å²) in [5.41, 5.74) is 5.11. The Morgan fingerprint density at radius 3 is 2.39 bits per heavy atom. The minimum Gasteiger partial charge on any atom is -0.497 e. The predicted molar refractivity (Wildman–Crippen MR) is 110 cm³/mol. The Hall–Kier alpha value is -2.55. The Bertz CT molecular complexity index is 926. The molecule has 2 aromatic rings. The predicted octanol–water partition coefficient (Wildman–Crippen LogP) is 1.72. The molecule has 0 atom stereocenters. The molecule has 0 aliphatic carbocycles. The molecule has 2 N–H and O–H groups in total. The van der Waals surface area contributed by atoms with Gasteiger partial charge in [-0.1, -0.05) is 30.3 Å². The molecule has 3 rings (SSSR count). The maximum Gasteiger partial charge on any atom is 0.263 e. The fraction of sp³-hybridized carbons (Fsp3) is 0.300. The van der Waals surface area contributed by atoms with Gasteiger partial charge in [-0.15, -0.1) is 0 Å². The zero-order valence-corrected chi connectivity index (χ0v) is 17.2. The topological polar surface area (TPSA) is 73.9 Å². The molecular weight excluding hydrogens is 376 g/mol. The summed E-state index contributed by atoms with van der Waals surface area (Å²) in [6.07, 6.45) is 0. The number of nitrogens with one attached hydrogen (secondary N) is 2. The quantitative estimate of drug-likeness (QED) is 0.701. The standard InChI is InChI=1S/C20H26N4O3S/c1-23(2)13-14-24-20(22-28(25,26)18-7-5-4-6-8-18)19(15-21-24)16-9-11-17(27-3)12-10-16/h4-12,21-22H,13-15H2,1-3H3. The van der Waals surface area contributed by atoms with Crippen molar-refractivity contribution in [3.63, 3.8) is 0 Å². The number of hydrogen-bond donors (Lipinski definition) is 2. The number of ether oxygens (including phenoxy) is 1. The molecule has 1 aliphatic rings. The summed E-state index contributed by atoms with van der Waals surface area (Å²) in [5.74, 6) is 1.31. The average molecular weight is 403 g/mol. The van der Waals surface area contributed by atoms with E-state index < -0.39 is 10.0 Å². The molecule has 0 saturated heterocycles. The Labute approximate surface area is 166 Å². The van der Waals surface area contributed by atoms with E-state index in [1.165, 1.54) is 0 Å². The first-order valence-corrected chi connectivity index (χ1v) is 10.5. The molecule has 0 unspecified atom stereocenters. The van der Waals surface area contributed by atoms with Crippen molar-refractivity contribution < 1.29 is 13.2 Å². The molecule has 7 nitrogen and oxygen atoms in total. The smallest absolute Gasteiger partial charge is 0.263 e. The molecule has 0 amide bonds. The van der Waals surface area contributed by atoms with Gasteiger partial charge in [-0.25, -0.2) is 13.8 Å². The molecule has 0 bridgehead atoms. The van der Waals surface area contributed by atoms with Crippen LogP contribution in [0.3, 0.4) is 0 Å². The second kappa shape index (κ2) is 8.64. The molecule has 0 aromatic heterocycles. The third-order valence-electron chi connectivity index (χ3n) is 4.50. The van der Waals surface area contributed by atoms with Crippen LogP contribution in [-0.4, -0.2) is 59.2 Å². The van der Waals surface area contributed by atoms with E-state index in [4.69, 9.17) is 4.74 Å². The van der Waals surface area contributed by atoms with Crippen LogP contribution in [0, 0.1) is 0 Å². The molecule has 150 valence electrons. The van der Waals surface area contributed by atoms with Crippen molar-refractivity contribution in [2.24, 2.45) is 0 Å². The maximum atomic E-state index is 12.9. The molecule has 1 aliphatic heterocycles. The van der Waals surface area contributed by atoms with Gasteiger partial charge in [0.2, 0.25) is 0 Å². The summed E-state index contributed by atoms with van der Waals surface area (Å²) in [4.78, 5) is 2.28. The van der Waals surface area contributed by atoms with Gasteiger partial charge in [-0.3, -0.25) is 9.73 Å². The van der Waals surface area contributed by atoms with Crippen LogP contribution in [0.25, 0.3) is 5.57 Å². The summed E-state index contributed by atoms with van der Waals surface area (Å²) in [6, 6.07) is 16.0. The van der Waals surface area contributed by atoms with E-state index in [1.807, 2.05) is 43.4 Å². The van der Waals surface area contributed by atoms with Gasteiger partial charge < -0.3 is 9.64 Å². The lowest BCUT2D eigenvalue weighted by atomic mass is 10.1. The zero-order valence-electron chi connectivity index (χ0n) is 16.3. The first kappa shape index (κ1) is 20.2. The lowest BCUT2D eigenvalue weighted by Crippen LogP contribution is -2.42. The molecule has 0 fully saturated rings. The molecular formula is C20H26N4O3S. The van der Waals surface area contributed by atoms with Crippen molar-refractivity contribution in [1.29, 1.82) is 0 Å². The van der Waals surface area contributed by atoms with Crippen molar-refractivity contribution in [1.82, 2.24) is 20.1 Å². The number of nitrogens with zero attached hydrogens (tertiary/aromatic N) is 2. The summed E-state index contributed by atoms with van der Waals surface area (Å²) >= 11 is 0. The van der Waals surface area contributed by atoms with E-state index in [0.717, 1.165) is 23.4 Å². The van der Waals surface area contributed by atoms with Crippen LogP contribution in [0.15, 0.2) is 65.3 Å². The molecule has 0 radical (unpaired) electrons. The van der Waals surface area contributed by atoms with E-state index in [2.05, 4.69) is 15.0 Å². The molecule has 1 heterocycles. The van der Waals surface area contributed by atoms with Crippen molar-refractivity contribution in [2.75, 3.05) is 40.8 Å². The molecule has 0 saturated carbocycles. The van der Waals surface area contributed by atoms with Crippen molar-refractivity contribution >= 4 is 15.6 Å². The number of benzene rings is 2. The van der Waals surface area contributed by atoms with Crippen molar-refractivity contribution in [3.05, 3.63) is 66.0 Å². The maximum absolute atomic E-state index is 12.9. The summed E-state index contributed by atoms with van der Waals surface area (Å²) in [7, 11) is 1.89. The number of sulfonamides is 1. The summed E-state index contributed by atoms with van der Waals surface area (Å²) in [5, 5.41) is 1.86. The van der Waals surface area contributed by atoms with E-state index in [9.17, 15) is 8.42 Å². The minimum atomic E-state index is -3.70. The van der Waals surface area contributed by atoms with E-state index in [0.29, 0.717) is 18.9 Å². The van der Waals surface area contributed by atoms with Crippen LogP contribution in [0.2, 0.25) is 0 Å². The fourth-order valence-electron chi connectivity index (χ4n) is 2.92. The van der Waals surface area contributed by atoms with Crippen LogP contribution >= 0.6 is 0 Å². The van der Waals surface area contributed by atoms with Gasteiger partial charge in [0.15, 0.2) is 0 Å². The molecule has 28 heavy (non-hydrogen) atoms. The van der Waals surface area contributed by atoms with Gasteiger partial charge in [0.05, 0.1) is 12.0 Å². The monoisotopic (exact) mass is 402 g/mol. The highest BCUT2D eigenvalue weighted by molar-refractivity contribution is 7.89. The Morgan fingerprint density at radius 2 is 1.79 bits per heavy atom. The number of hydrogen-bond acceptors (Lipinski definition) is 6. The summed E-state index contributed by atoms with van der Waals surface area (Å²) in [6.45, 7) is 1.95.